The van der Waals surface area contributed by atoms with Crippen LogP contribution in [0.2, 0.25) is 0 Å². The summed E-state index contributed by atoms with van der Waals surface area (Å²) in [6, 6.07) is 6.44. The molecular weight excluding hydrogens is 250 g/mol. The molecule has 0 radical (unpaired) electrons. The Kier molecular flexibility index (Phi) is 5.44. The van der Waals surface area contributed by atoms with Crippen molar-refractivity contribution >= 4 is 0 Å². The highest BCUT2D eigenvalue weighted by Gasteiger charge is 2.31. The zero-order chi connectivity index (χ0) is 14.4. The second-order valence-corrected chi connectivity index (χ2v) is 6.09. The van der Waals surface area contributed by atoms with E-state index < -0.39 is 0 Å². The SMILES string of the molecule is CCCCOCCNCc1cccc2c1OC(C)(C)C2. The number of ether oxygens (including phenoxy) is 2. The lowest BCUT2D eigenvalue weighted by Gasteiger charge is -2.18. The van der Waals surface area contributed by atoms with Gasteiger partial charge in [0.2, 0.25) is 0 Å². The number of hydrogen-bond acceptors (Lipinski definition) is 3. The first kappa shape index (κ1) is 15.3. The molecule has 0 atom stereocenters. The van der Waals surface area contributed by atoms with Gasteiger partial charge in [-0.25, -0.2) is 0 Å². The minimum Gasteiger partial charge on any atom is -0.487 e. The van der Waals surface area contributed by atoms with Gasteiger partial charge in [0.25, 0.3) is 0 Å². The maximum atomic E-state index is 6.06. The summed E-state index contributed by atoms with van der Waals surface area (Å²) in [5, 5.41) is 3.43. The standard InChI is InChI=1S/C17H27NO2/c1-4-5-10-19-11-9-18-13-15-8-6-7-14-12-17(2,3)20-16(14)15/h6-8,18H,4-5,9-13H2,1-3H3. The molecule has 0 aromatic heterocycles. The molecule has 2 rings (SSSR count). The van der Waals surface area contributed by atoms with Crippen LogP contribution in [-0.4, -0.2) is 25.4 Å². The van der Waals surface area contributed by atoms with Crippen molar-refractivity contribution in [1.82, 2.24) is 5.32 Å². The van der Waals surface area contributed by atoms with Crippen molar-refractivity contribution in [1.29, 1.82) is 0 Å². The van der Waals surface area contributed by atoms with E-state index in [9.17, 15) is 0 Å². The van der Waals surface area contributed by atoms with E-state index >= 15 is 0 Å². The average Bonchev–Trinajstić information content (AvgIpc) is 2.72. The van der Waals surface area contributed by atoms with Crippen molar-refractivity contribution in [2.45, 2.75) is 52.2 Å². The van der Waals surface area contributed by atoms with Gasteiger partial charge in [-0.3, -0.25) is 0 Å². The molecule has 0 fully saturated rings. The molecule has 0 saturated carbocycles. The molecule has 0 amide bonds. The first-order chi connectivity index (χ1) is 9.62. The van der Waals surface area contributed by atoms with Crippen LogP contribution >= 0.6 is 0 Å². The lowest BCUT2D eigenvalue weighted by Crippen LogP contribution is -2.25. The summed E-state index contributed by atoms with van der Waals surface area (Å²) in [6.07, 6.45) is 3.34. The van der Waals surface area contributed by atoms with E-state index in [-0.39, 0.29) is 5.60 Å². The summed E-state index contributed by atoms with van der Waals surface area (Å²) in [4.78, 5) is 0. The minimum absolute atomic E-state index is 0.0678. The van der Waals surface area contributed by atoms with Gasteiger partial charge in [-0.15, -0.1) is 0 Å². The molecule has 112 valence electrons. The van der Waals surface area contributed by atoms with Crippen LogP contribution in [0.3, 0.4) is 0 Å². The van der Waals surface area contributed by atoms with Crippen LogP contribution in [0.4, 0.5) is 0 Å². The van der Waals surface area contributed by atoms with E-state index in [0.29, 0.717) is 0 Å². The third-order valence-electron chi connectivity index (χ3n) is 3.55. The van der Waals surface area contributed by atoms with Crippen molar-refractivity contribution in [2.24, 2.45) is 0 Å². The van der Waals surface area contributed by atoms with Crippen LogP contribution in [0.5, 0.6) is 5.75 Å². The Labute approximate surface area is 122 Å². The number of unbranched alkanes of at least 4 members (excludes halogenated alkanes) is 1. The number of nitrogens with one attached hydrogen (secondary N) is 1. The van der Waals surface area contributed by atoms with Crippen molar-refractivity contribution in [2.75, 3.05) is 19.8 Å². The molecule has 0 bridgehead atoms. The molecule has 0 saturated heterocycles. The van der Waals surface area contributed by atoms with Crippen LogP contribution in [0.15, 0.2) is 18.2 Å². The maximum Gasteiger partial charge on any atom is 0.127 e. The van der Waals surface area contributed by atoms with Crippen LogP contribution in [0, 0.1) is 0 Å². The number of fused-ring (bicyclic) bond motifs is 1. The van der Waals surface area contributed by atoms with Gasteiger partial charge in [0, 0.05) is 31.7 Å². The molecule has 3 nitrogen and oxygen atoms in total. The van der Waals surface area contributed by atoms with Crippen LogP contribution in [0.25, 0.3) is 0 Å². The van der Waals surface area contributed by atoms with E-state index in [0.717, 1.165) is 44.9 Å². The normalized spacial score (nSPS) is 15.9. The number of rotatable bonds is 8. The Bertz CT molecular complexity index is 429. The highest BCUT2D eigenvalue weighted by atomic mass is 16.5. The summed E-state index contributed by atoms with van der Waals surface area (Å²) in [6.45, 7) is 9.85. The van der Waals surface area contributed by atoms with Crippen LogP contribution in [-0.2, 0) is 17.7 Å². The first-order valence-electron chi connectivity index (χ1n) is 7.70. The molecule has 20 heavy (non-hydrogen) atoms. The zero-order valence-corrected chi connectivity index (χ0v) is 13.0. The van der Waals surface area contributed by atoms with Gasteiger partial charge in [0.1, 0.15) is 11.4 Å². The summed E-state index contributed by atoms with van der Waals surface area (Å²) >= 11 is 0. The smallest absolute Gasteiger partial charge is 0.127 e. The Morgan fingerprint density at radius 3 is 2.95 bits per heavy atom. The Hall–Kier alpha value is -1.06. The predicted octanol–water partition coefficient (Wildman–Crippen LogP) is 3.31. The van der Waals surface area contributed by atoms with Gasteiger partial charge >= 0.3 is 0 Å². The van der Waals surface area contributed by atoms with Gasteiger partial charge in [-0.1, -0.05) is 31.5 Å². The maximum absolute atomic E-state index is 6.06. The highest BCUT2D eigenvalue weighted by Crippen LogP contribution is 2.37. The van der Waals surface area contributed by atoms with Crippen molar-refractivity contribution < 1.29 is 9.47 Å². The second kappa shape index (κ2) is 7.09. The third kappa shape index (κ3) is 4.22. The average molecular weight is 277 g/mol. The number of hydrogen-bond donors (Lipinski definition) is 1. The molecule has 1 aromatic carbocycles. The first-order valence-corrected chi connectivity index (χ1v) is 7.70. The van der Waals surface area contributed by atoms with Gasteiger partial charge in [0.05, 0.1) is 6.61 Å². The van der Waals surface area contributed by atoms with E-state index in [2.05, 4.69) is 44.3 Å². The molecule has 0 unspecified atom stereocenters. The fourth-order valence-corrected chi connectivity index (χ4v) is 2.53. The molecule has 0 aliphatic carbocycles. The minimum atomic E-state index is -0.0678. The van der Waals surface area contributed by atoms with E-state index in [1.807, 2.05) is 0 Å². The third-order valence-corrected chi connectivity index (χ3v) is 3.55. The van der Waals surface area contributed by atoms with Gasteiger partial charge < -0.3 is 14.8 Å². The van der Waals surface area contributed by atoms with Gasteiger partial charge in [0.15, 0.2) is 0 Å². The molecule has 1 aromatic rings. The molecule has 3 heteroatoms. The monoisotopic (exact) mass is 277 g/mol. The molecular formula is C17H27NO2. The number of benzene rings is 1. The molecule has 1 N–H and O–H groups in total. The lowest BCUT2D eigenvalue weighted by atomic mass is 10.0. The van der Waals surface area contributed by atoms with Crippen molar-refractivity contribution in [3.63, 3.8) is 0 Å². The number of para-hydroxylation sites is 1. The van der Waals surface area contributed by atoms with E-state index in [4.69, 9.17) is 9.47 Å². The summed E-state index contributed by atoms with van der Waals surface area (Å²) in [5.41, 5.74) is 2.51. The molecule has 1 aliphatic heterocycles. The van der Waals surface area contributed by atoms with Gasteiger partial charge in [-0.05, 0) is 25.8 Å². The Morgan fingerprint density at radius 2 is 2.15 bits per heavy atom. The van der Waals surface area contributed by atoms with Crippen LogP contribution < -0.4 is 10.1 Å². The van der Waals surface area contributed by atoms with Crippen molar-refractivity contribution in [3.8, 4) is 5.75 Å². The summed E-state index contributed by atoms with van der Waals surface area (Å²) in [5.74, 6) is 1.08. The summed E-state index contributed by atoms with van der Waals surface area (Å²) in [7, 11) is 0. The fraction of sp³-hybridized carbons (Fsp3) is 0.647. The highest BCUT2D eigenvalue weighted by molar-refractivity contribution is 5.45. The molecule has 0 spiro atoms. The van der Waals surface area contributed by atoms with Crippen molar-refractivity contribution in [3.05, 3.63) is 29.3 Å². The Balaban J connectivity index is 1.76. The lowest BCUT2D eigenvalue weighted by molar-refractivity contribution is 0.131. The van der Waals surface area contributed by atoms with Crippen LogP contribution in [0.1, 0.15) is 44.7 Å². The second-order valence-electron chi connectivity index (χ2n) is 6.09. The van der Waals surface area contributed by atoms with E-state index in [1.54, 1.807) is 0 Å². The summed E-state index contributed by atoms with van der Waals surface area (Å²) < 4.78 is 11.6. The Morgan fingerprint density at radius 1 is 1.30 bits per heavy atom. The quantitative estimate of drug-likeness (QED) is 0.740. The largest absolute Gasteiger partial charge is 0.487 e. The van der Waals surface area contributed by atoms with E-state index in [1.165, 1.54) is 17.5 Å². The molecule has 1 heterocycles. The van der Waals surface area contributed by atoms with Gasteiger partial charge in [-0.2, -0.15) is 0 Å². The fourth-order valence-electron chi connectivity index (χ4n) is 2.53. The topological polar surface area (TPSA) is 30.5 Å². The predicted molar refractivity (Wildman–Crippen MR) is 82.3 cm³/mol. The molecule has 1 aliphatic rings. The zero-order valence-electron chi connectivity index (χ0n) is 13.0.